The molecule has 4 aromatic rings. The zero-order valence-corrected chi connectivity index (χ0v) is 20.4. The summed E-state index contributed by atoms with van der Waals surface area (Å²) in [5.74, 6) is 2.25. The van der Waals surface area contributed by atoms with E-state index in [1.165, 1.54) is 40.8 Å². The third-order valence-corrected chi connectivity index (χ3v) is 9.08. The van der Waals surface area contributed by atoms with Crippen LogP contribution in [0.5, 0.6) is 0 Å². The number of nitrogens with zero attached hydrogens (tertiary/aromatic N) is 1. The van der Waals surface area contributed by atoms with Crippen LogP contribution in [0.2, 0.25) is 19.6 Å². The van der Waals surface area contributed by atoms with Gasteiger partial charge < -0.3 is 4.42 Å². The van der Waals surface area contributed by atoms with Gasteiger partial charge in [0.15, 0.2) is 0 Å². The highest BCUT2D eigenvalue weighted by molar-refractivity contribution is 6.90. The Hall–Kier alpha value is -2.39. The van der Waals surface area contributed by atoms with E-state index in [1.807, 2.05) is 0 Å². The predicted molar refractivity (Wildman–Crippen MR) is 135 cm³/mol. The first-order valence-corrected chi connectivity index (χ1v) is 15.2. The van der Waals surface area contributed by atoms with Crippen LogP contribution in [-0.4, -0.2) is 13.1 Å². The Morgan fingerprint density at radius 2 is 1.61 bits per heavy atom. The van der Waals surface area contributed by atoms with Gasteiger partial charge in [0.05, 0.1) is 13.8 Å². The third kappa shape index (κ3) is 3.74. The van der Waals surface area contributed by atoms with Gasteiger partial charge in [-0.15, -0.1) is 0 Å². The molecule has 31 heavy (non-hydrogen) atoms. The van der Waals surface area contributed by atoms with Crippen LogP contribution in [0.15, 0.2) is 59.1 Å². The first-order chi connectivity index (χ1) is 14.8. The van der Waals surface area contributed by atoms with Gasteiger partial charge in [0, 0.05) is 22.5 Å². The molecule has 0 amide bonds. The van der Waals surface area contributed by atoms with Crippen molar-refractivity contribution >= 4 is 35.2 Å². The minimum atomic E-state index is -1.53. The molecule has 1 fully saturated rings. The molecule has 2 unspecified atom stereocenters. The fourth-order valence-electron chi connectivity index (χ4n) is 5.68. The Morgan fingerprint density at radius 1 is 0.871 bits per heavy atom. The topological polar surface area (TPSA) is 26.0 Å². The Labute approximate surface area is 186 Å². The van der Waals surface area contributed by atoms with Crippen LogP contribution >= 0.6 is 0 Å². The Morgan fingerprint density at radius 3 is 2.29 bits per heavy atom. The maximum absolute atomic E-state index is 6.43. The number of para-hydroxylation sites is 1. The van der Waals surface area contributed by atoms with Crippen molar-refractivity contribution in [3.63, 3.8) is 0 Å². The van der Waals surface area contributed by atoms with Crippen molar-refractivity contribution in [1.82, 2.24) is 4.98 Å². The van der Waals surface area contributed by atoms with Gasteiger partial charge in [-0.1, -0.05) is 63.8 Å². The maximum atomic E-state index is 6.43. The summed E-state index contributed by atoms with van der Waals surface area (Å²) in [7, 11) is -1.53. The van der Waals surface area contributed by atoms with Crippen molar-refractivity contribution < 1.29 is 4.42 Å². The van der Waals surface area contributed by atoms with Gasteiger partial charge in [0.1, 0.15) is 11.2 Å². The van der Waals surface area contributed by atoms with Crippen LogP contribution in [0, 0.1) is 11.8 Å². The number of hydrogen-bond donors (Lipinski definition) is 0. The predicted octanol–water partition coefficient (Wildman–Crippen LogP) is 7.73. The molecule has 0 aliphatic heterocycles. The van der Waals surface area contributed by atoms with Gasteiger partial charge in [0.2, 0.25) is 0 Å². The van der Waals surface area contributed by atoms with E-state index >= 15 is 0 Å². The van der Waals surface area contributed by atoms with Crippen molar-refractivity contribution in [2.24, 2.45) is 11.8 Å². The lowest BCUT2D eigenvalue weighted by Crippen LogP contribution is -2.37. The average molecular weight is 428 g/mol. The minimum absolute atomic E-state index is 0.640. The number of fused-ring (bicyclic) bond motifs is 3. The Kier molecular flexibility index (Phi) is 5.05. The molecule has 2 heterocycles. The molecule has 160 valence electrons. The summed E-state index contributed by atoms with van der Waals surface area (Å²) >= 11 is 0. The molecular formula is C28H33NOSi. The summed E-state index contributed by atoms with van der Waals surface area (Å²) in [5, 5.41) is 3.96. The molecule has 3 heteroatoms. The van der Waals surface area contributed by atoms with Crippen LogP contribution < -0.4 is 5.19 Å². The Bertz CT molecular complexity index is 1220. The number of benzene rings is 2. The van der Waals surface area contributed by atoms with Crippen molar-refractivity contribution in [2.75, 3.05) is 0 Å². The molecule has 2 aromatic heterocycles. The lowest BCUT2D eigenvalue weighted by Gasteiger charge is -2.31. The average Bonchev–Trinajstić information content (AvgIpc) is 3.11. The van der Waals surface area contributed by atoms with Gasteiger partial charge in [-0.2, -0.15) is 0 Å². The quantitative estimate of drug-likeness (QED) is 0.313. The zero-order valence-electron chi connectivity index (χ0n) is 19.4. The van der Waals surface area contributed by atoms with E-state index in [-0.39, 0.29) is 0 Å². The monoisotopic (exact) mass is 427 g/mol. The van der Waals surface area contributed by atoms with Gasteiger partial charge in [0.25, 0.3) is 0 Å². The highest BCUT2D eigenvalue weighted by Gasteiger charge is 2.26. The van der Waals surface area contributed by atoms with Crippen LogP contribution in [0.1, 0.15) is 44.6 Å². The molecule has 2 nitrogen and oxygen atoms in total. The van der Waals surface area contributed by atoms with Crippen LogP contribution in [-0.2, 0) is 0 Å². The maximum Gasteiger partial charge on any atom is 0.144 e. The summed E-state index contributed by atoms with van der Waals surface area (Å²) in [6.07, 6.45) is 6.04. The van der Waals surface area contributed by atoms with Gasteiger partial charge in [-0.25, -0.2) is 0 Å². The van der Waals surface area contributed by atoms with Crippen molar-refractivity contribution in [3.8, 4) is 11.3 Å². The lowest BCUT2D eigenvalue weighted by molar-refractivity contribution is 0.268. The fraction of sp³-hybridized carbons (Fsp3) is 0.393. The van der Waals surface area contributed by atoms with Crippen molar-refractivity contribution in [3.05, 3.63) is 60.3 Å². The van der Waals surface area contributed by atoms with E-state index < -0.39 is 8.07 Å². The fourth-order valence-corrected chi connectivity index (χ4v) is 7.26. The summed E-state index contributed by atoms with van der Waals surface area (Å²) in [4.78, 5) is 4.94. The van der Waals surface area contributed by atoms with E-state index in [9.17, 15) is 0 Å². The van der Waals surface area contributed by atoms with Crippen LogP contribution in [0.4, 0.5) is 0 Å². The van der Waals surface area contributed by atoms with E-state index in [0.29, 0.717) is 5.92 Å². The smallest absolute Gasteiger partial charge is 0.144 e. The van der Waals surface area contributed by atoms with E-state index in [4.69, 9.17) is 9.40 Å². The summed E-state index contributed by atoms with van der Waals surface area (Å²) < 4.78 is 6.43. The molecule has 0 radical (unpaired) electrons. The molecule has 1 aliphatic carbocycles. The van der Waals surface area contributed by atoms with Gasteiger partial charge in [-0.3, -0.25) is 4.98 Å². The van der Waals surface area contributed by atoms with E-state index in [2.05, 4.69) is 88.2 Å². The molecule has 2 atom stereocenters. The highest BCUT2D eigenvalue weighted by atomic mass is 28.3. The van der Waals surface area contributed by atoms with E-state index in [0.717, 1.165) is 34.3 Å². The van der Waals surface area contributed by atoms with Crippen molar-refractivity contribution in [2.45, 2.75) is 58.7 Å². The van der Waals surface area contributed by atoms with E-state index in [1.54, 1.807) is 0 Å². The van der Waals surface area contributed by atoms with Gasteiger partial charge >= 0.3 is 0 Å². The summed E-state index contributed by atoms with van der Waals surface area (Å²) in [5.41, 5.74) is 5.45. The molecule has 0 saturated heterocycles. The third-order valence-electron chi connectivity index (χ3n) is 7.05. The first-order valence-electron chi connectivity index (χ1n) is 11.7. The molecule has 5 rings (SSSR count). The lowest BCUT2D eigenvalue weighted by atomic mass is 9.74. The van der Waals surface area contributed by atoms with Crippen molar-refractivity contribution in [1.29, 1.82) is 0 Å². The Balaban J connectivity index is 1.61. The summed E-state index contributed by atoms with van der Waals surface area (Å²) in [6.45, 7) is 12.0. The molecule has 0 spiro atoms. The number of furan rings is 1. The molecule has 1 aliphatic rings. The molecule has 0 N–H and O–H groups in total. The van der Waals surface area contributed by atoms with Crippen LogP contribution in [0.3, 0.4) is 0 Å². The standard InChI is InChI=1S/C28H33NOSi/c1-18-14-19(2)16-21(15-18)20-10-12-24(29-17-20)22-11-13-26(31(3,4)5)27-23-8-6-7-9-25(23)30-28(22)27/h6-13,17-19,21H,14-16H2,1-5H3. The number of pyridine rings is 1. The highest BCUT2D eigenvalue weighted by Crippen LogP contribution is 2.40. The zero-order chi connectivity index (χ0) is 21.8. The first kappa shape index (κ1) is 20.5. The number of hydrogen-bond acceptors (Lipinski definition) is 2. The normalized spacial score (nSPS) is 22.3. The molecule has 1 saturated carbocycles. The number of rotatable bonds is 3. The second-order valence-electron chi connectivity index (χ2n) is 10.8. The summed E-state index contributed by atoms with van der Waals surface area (Å²) in [6, 6.07) is 17.5. The second-order valence-corrected chi connectivity index (χ2v) is 15.8. The molecular weight excluding hydrogens is 394 g/mol. The molecule has 2 aromatic carbocycles. The number of aromatic nitrogens is 1. The SMILES string of the molecule is CC1CC(C)CC(c2ccc(-c3ccc([Si](C)(C)C)c4c3oc3ccccc34)nc2)C1. The minimum Gasteiger partial charge on any atom is -0.455 e. The largest absolute Gasteiger partial charge is 0.455 e. The molecule has 0 bridgehead atoms. The second kappa shape index (κ2) is 7.63. The van der Waals surface area contributed by atoms with Crippen LogP contribution in [0.25, 0.3) is 33.2 Å². The van der Waals surface area contributed by atoms with Gasteiger partial charge in [-0.05, 0) is 66.0 Å².